The highest BCUT2D eigenvalue weighted by Gasteiger charge is 2.25. The van der Waals surface area contributed by atoms with Crippen LogP contribution in [0.2, 0.25) is 0 Å². The molecule has 10 heteroatoms. The second kappa shape index (κ2) is 10.1. The third-order valence-corrected chi connectivity index (χ3v) is 8.69. The molecule has 8 nitrogen and oxygen atoms in total. The van der Waals surface area contributed by atoms with Crippen molar-refractivity contribution in [2.24, 2.45) is 0 Å². The summed E-state index contributed by atoms with van der Waals surface area (Å²) in [5, 5.41) is 0.491. The number of aromatic nitrogens is 1. The molecule has 0 saturated carbocycles. The van der Waals surface area contributed by atoms with E-state index in [1.165, 1.54) is 51.9 Å². The molecule has 0 aliphatic heterocycles. The summed E-state index contributed by atoms with van der Waals surface area (Å²) in [6.07, 6.45) is 1.55. The quantitative estimate of drug-likeness (QED) is 0.259. The van der Waals surface area contributed by atoms with Gasteiger partial charge < -0.3 is 9.15 Å². The summed E-state index contributed by atoms with van der Waals surface area (Å²) in [5.74, 6) is 0.933. The third kappa shape index (κ3) is 4.93. The molecule has 0 radical (unpaired) electrons. The van der Waals surface area contributed by atoms with Gasteiger partial charge in [-0.2, -0.15) is 0 Å². The van der Waals surface area contributed by atoms with Crippen molar-refractivity contribution in [2.45, 2.75) is 11.4 Å². The second-order valence-electron chi connectivity index (χ2n) is 8.13. The maximum atomic E-state index is 13.7. The predicted octanol–water partition coefficient (Wildman–Crippen LogP) is 5.57. The molecular weight excluding hydrogens is 510 g/mol. The number of furan rings is 1. The summed E-state index contributed by atoms with van der Waals surface area (Å²) in [6, 6.07) is 23.8. The van der Waals surface area contributed by atoms with Crippen LogP contribution < -0.4 is 13.9 Å². The normalized spacial score (nSPS) is 11.4. The van der Waals surface area contributed by atoms with Gasteiger partial charge in [0.25, 0.3) is 15.9 Å². The molecule has 5 aromatic rings. The van der Waals surface area contributed by atoms with Gasteiger partial charge in [-0.15, -0.1) is 0 Å². The molecule has 0 saturated heterocycles. The third-order valence-electron chi connectivity index (χ3n) is 5.83. The van der Waals surface area contributed by atoms with Gasteiger partial charge in [-0.25, -0.2) is 13.4 Å². The van der Waals surface area contributed by atoms with Gasteiger partial charge in [-0.05, 0) is 60.7 Å². The lowest BCUT2D eigenvalue weighted by Crippen LogP contribution is -2.30. The average Bonchev–Trinajstić information content (AvgIpc) is 3.60. The first-order valence-corrected chi connectivity index (χ1v) is 13.6. The molecule has 0 bridgehead atoms. The Hall–Kier alpha value is -4.15. The van der Waals surface area contributed by atoms with Gasteiger partial charge in [-0.1, -0.05) is 29.5 Å². The zero-order valence-corrected chi connectivity index (χ0v) is 21.7. The summed E-state index contributed by atoms with van der Waals surface area (Å²) in [6.45, 7) is 0.166. The Bertz CT molecular complexity index is 1630. The Morgan fingerprint density at radius 1 is 1.00 bits per heavy atom. The molecule has 188 valence electrons. The molecule has 37 heavy (non-hydrogen) atoms. The van der Waals surface area contributed by atoms with E-state index in [2.05, 4.69) is 4.98 Å². The number of anilines is 2. The van der Waals surface area contributed by atoms with E-state index in [1.54, 1.807) is 49.8 Å². The van der Waals surface area contributed by atoms with E-state index in [1.807, 2.05) is 24.3 Å². The molecule has 0 atom stereocenters. The number of nitrogens with zero attached hydrogens (tertiary/aromatic N) is 3. The number of ether oxygens (including phenoxy) is 1. The van der Waals surface area contributed by atoms with Crippen molar-refractivity contribution < 1.29 is 22.4 Å². The summed E-state index contributed by atoms with van der Waals surface area (Å²) in [4.78, 5) is 19.9. The van der Waals surface area contributed by atoms with Crippen LogP contribution in [0.1, 0.15) is 16.1 Å². The van der Waals surface area contributed by atoms with Crippen LogP contribution in [0.5, 0.6) is 5.75 Å². The maximum absolute atomic E-state index is 13.7. The number of methoxy groups -OCH3 is 1. The van der Waals surface area contributed by atoms with Gasteiger partial charge in [0, 0.05) is 18.7 Å². The van der Waals surface area contributed by atoms with E-state index in [0.717, 1.165) is 4.70 Å². The Morgan fingerprint density at radius 2 is 1.76 bits per heavy atom. The molecule has 2 aromatic heterocycles. The molecule has 0 aliphatic carbocycles. The summed E-state index contributed by atoms with van der Waals surface area (Å²) in [5.41, 5.74) is 1.58. The number of fused-ring (bicyclic) bond motifs is 1. The van der Waals surface area contributed by atoms with E-state index < -0.39 is 10.0 Å². The molecule has 0 unspecified atom stereocenters. The minimum Gasteiger partial charge on any atom is -0.497 e. The first-order chi connectivity index (χ1) is 17.9. The highest BCUT2D eigenvalue weighted by Crippen LogP contribution is 2.33. The van der Waals surface area contributed by atoms with Crippen LogP contribution in [0.15, 0.2) is 101 Å². The molecule has 0 N–H and O–H groups in total. The molecule has 5 rings (SSSR count). The highest BCUT2D eigenvalue weighted by molar-refractivity contribution is 7.92. The molecular formula is C27H23N3O5S2. The van der Waals surface area contributed by atoms with Gasteiger partial charge in [-0.3, -0.25) is 14.0 Å². The standard InChI is InChI=1S/C27H23N3O5S2/c1-29(20-7-4-3-5-8-20)37(32,33)23-13-10-19(11-14-23)26(31)30(18-22-9-6-16-35-22)27-28-24-17-21(34-2)12-15-25(24)36-27/h3-17H,18H2,1-2H3. The number of thiazole rings is 1. The number of amides is 1. The number of benzene rings is 3. The molecule has 2 heterocycles. The minimum atomic E-state index is -3.80. The van der Waals surface area contributed by atoms with E-state index >= 15 is 0 Å². The molecule has 0 spiro atoms. The first kappa shape index (κ1) is 24.5. The number of hydrogen-bond donors (Lipinski definition) is 0. The zero-order chi connectivity index (χ0) is 26.0. The van der Waals surface area contributed by atoms with E-state index in [4.69, 9.17) is 9.15 Å². The SMILES string of the molecule is COc1ccc2sc(N(Cc3ccco3)C(=O)c3ccc(S(=O)(=O)N(C)c4ccccc4)cc3)nc2c1. The first-order valence-electron chi connectivity index (χ1n) is 11.3. The predicted molar refractivity (Wildman–Crippen MR) is 144 cm³/mol. The molecule has 0 aliphatic rings. The monoisotopic (exact) mass is 533 g/mol. The van der Waals surface area contributed by atoms with E-state index in [9.17, 15) is 13.2 Å². The number of rotatable bonds is 8. The lowest BCUT2D eigenvalue weighted by Gasteiger charge is -2.21. The Kier molecular flexibility index (Phi) is 6.68. The topological polar surface area (TPSA) is 92.9 Å². The van der Waals surface area contributed by atoms with Crippen molar-refractivity contribution in [2.75, 3.05) is 23.4 Å². The van der Waals surface area contributed by atoms with Crippen molar-refractivity contribution >= 4 is 48.3 Å². The van der Waals surface area contributed by atoms with Crippen LogP contribution in [0.3, 0.4) is 0 Å². The lowest BCUT2D eigenvalue weighted by molar-refractivity contribution is 0.0983. The average molecular weight is 534 g/mol. The van der Waals surface area contributed by atoms with Crippen molar-refractivity contribution in [3.63, 3.8) is 0 Å². The maximum Gasteiger partial charge on any atom is 0.264 e. The van der Waals surface area contributed by atoms with Crippen LogP contribution >= 0.6 is 11.3 Å². The number of sulfonamides is 1. The fraction of sp³-hybridized carbons (Fsp3) is 0.111. The van der Waals surface area contributed by atoms with Crippen molar-refractivity contribution in [1.29, 1.82) is 0 Å². The Balaban J connectivity index is 1.46. The van der Waals surface area contributed by atoms with Crippen LogP contribution in [-0.4, -0.2) is 33.5 Å². The van der Waals surface area contributed by atoms with Crippen molar-refractivity contribution in [3.8, 4) is 5.75 Å². The van der Waals surface area contributed by atoms with Crippen LogP contribution in [-0.2, 0) is 16.6 Å². The fourth-order valence-electron chi connectivity index (χ4n) is 3.78. The molecule has 1 amide bonds. The van der Waals surface area contributed by atoms with E-state index in [0.29, 0.717) is 33.4 Å². The van der Waals surface area contributed by atoms with Crippen molar-refractivity contribution in [1.82, 2.24) is 4.98 Å². The lowest BCUT2D eigenvalue weighted by atomic mass is 10.2. The smallest absolute Gasteiger partial charge is 0.264 e. The molecule has 3 aromatic carbocycles. The van der Waals surface area contributed by atoms with Crippen molar-refractivity contribution in [3.05, 3.63) is 103 Å². The van der Waals surface area contributed by atoms with Crippen LogP contribution in [0, 0.1) is 0 Å². The van der Waals surface area contributed by atoms with Gasteiger partial charge in [0.2, 0.25) is 0 Å². The van der Waals surface area contributed by atoms with Crippen LogP contribution in [0.25, 0.3) is 10.2 Å². The van der Waals surface area contributed by atoms with Gasteiger partial charge in [0.15, 0.2) is 5.13 Å². The number of para-hydroxylation sites is 1. The zero-order valence-electron chi connectivity index (χ0n) is 20.1. The summed E-state index contributed by atoms with van der Waals surface area (Å²) in [7, 11) is -0.718. The minimum absolute atomic E-state index is 0.0834. The van der Waals surface area contributed by atoms with Gasteiger partial charge >= 0.3 is 0 Å². The fourth-order valence-corrected chi connectivity index (χ4v) is 5.92. The largest absolute Gasteiger partial charge is 0.497 e. The number of hydrogen-bond acceptors (Lipinski definition) is 7. The number of carbonyl (C=O) groups excluding carboxylic acids is 1. The highest BCUT2D eigenvalue weighted by atomic mass is 32.2. The van der Waals surface area contributed by atoms with Crippen LogP contribution in [0.4, 0.5) is 10.8 Å². The molecule has 0 fully saturated rings. The van der Waals surface area contributed by atoms with Gasteiger partial charge in [0.1, 0.15) is 11.5 Å². The van der Waals surface area contributed by atoms with Gasteiger partial charge in [0.05, 0.1) is 40.7 Å². The Labute approximate surface area is 218 Å². The number of carbonyl (C=O) groups is 1. The summed E-state index contributed by atoms with van der Waals surface area (Å²) < 4.78 is 39.2. The van der Waals surface area contributed by atoms with E-state index in [-0.39, 0.29) is 17.3 Å². The summed E-state index contributed by atoms with van der Waals surface area (Å²) >= 11 is 1.37. The Morgan fingerprint density at radius 3 is 2.43 bits per heavy atom. The second-order valence-corrected chi connectivity index (χ2v) is 11.1.